The molecular formula is O3SY. The number of rotatable bonds is 0. The van der Waals surface area contributed by atoms with Gasteiger partial charge in [-0.05, 0) is 0 Å². The Labute approximate surface area is 55.7 Å². The minimum Gasteiger partial charge on any atom is -0.142 e. The van der Waals surface area contributed by atoms with E-state index in [4.69, 9.17) is 12.6 Å². The summed E-state index contributed by atoms with van der Waals surface area (Å²) in [4.78, 5) is 0. The third-order valence-electron chi connectivity index (χ3n) is 0. The van der Waals surface area contributed by atoms with Crippen LogP contribution < -0.4 is 0 Å². The zero-order chi connectivity index (χ0) is 3.58. The number of hydrogen-bond donors (Lipinski definition) is 0. The molecule has 3 nitrogen and oxygen atoms in total. The predicted octanol–water partition coefficient (Wildman–Crippen LogP) is -1.01. The molecule has 0 aromatic carbocycles. The summed E-state index contributed by atoms with van der Waals surface area (Å²) in [6.45, 7) is 0. The molecule has 0 heterocycles. The van der Waals surface area contributed by atoms with Crippen LogP contribution in [0.5, 0.6) is 0 Å². The molecule has 0 aliphatic heterocycles. The van der Waals surface area contributed by atoms with Gasteiger partial charge in [0.25, 0.3) is 0 Å². The molecule has 27 valence electrons. The first-order valence-electron chi connectivity index (χ1n) is 0.500. The molecule has 0 saturated heterocycles. The fourth-order valence-corrected chi connectivity index (χ4v) is 0. The van der Waals surface area contributed by atoms with Gasteiger partial charge in [-0.25, -0.2) is 0 Å². The molecule has 0 aliphatic rings. The Hall–Kier alpha value is 0.724. The van der Waals surface area contributed by atoms with Crippen molar-refractivity contribution in [2.45, 2.75) is 0 Å². The van der Waals surface area contributed by atoms with Gasteiger partial charge in [0.1, 0.15) is 0 Å². The molecule has 0 rings (SSSR count). The third kappa shape index (κ3) is 66.9. The van der Waals surface area contributed by atoms with E-state index in [9.17, 15) is 0 Å². The average Bonchev–Trinajstić information content (AvgIpc) is 0.811. The van der Waals surface area contributed by atoms with Crippen molar-refractivity contribution in [3.05, 3.63) is 0 Å². The summed E-state index contributed by atoms with van der Waals surface area (Å²) in [6.07, 6.45) is 0. The first kappa shape index (κ1) is 9.21. The van der Waals surface area contributed by atoms with Gasteiger partial charge in [0.05, 0.1) is 0 Å². The van der Waals surface area contributed by atoms with Gasteiger partial charge in [0.2, 0.25) is 0 Å². The minimum absolute atomic E-state index is 0. The molecule has 0 N–H and O–H groups in total. The largest absolute Gasteiger partial charge is 0.425 e. The molecule has 0 bridgehead atoms. The summed E-state index contributed by atoms with van der Waals surface area (Å²) in [7, 11) is -3.11. The maximum absolute atomic E-state index is 8.44. The second-order valence-corrected chi connectivity index (χ2v) is 0.612. The van der Waals surface area contributed by atoms with Crippen LogP contribution in [0, 0.1) is 0 Å². The monoisotopic (exact) mass is 169 g/mol. The van der Waals surface area contributed by atoms with E-state index in [1.54, 1.807) is 0 Å². The molecule has 0 atom stereocenters. The van der Waals surface area contributed by atoms with Crippen LogP contribution in [-0.2, 0) is 43.3 Å². The Kier molecular flexibility index (Phi) is 8.70. The fraction of sp³-hybridized carbons (Fsp3) is 0. The Morgan fingerprint density at radius 3 is 1.00 bits per heavy atom. The first-order valence-corrected chi connectivity index (χ1v) is 1.50. The smallest absolute Gasteiger partial charge is 0.142 e. The van der Waals surface area contributed by atoms with Gasteiger partial charge < -0.3 is 0 Å². The molecule has 1 radical (unpaired) electrons. The predicted molar refractivity (Wildman–Crippen MR) is 9.70 cm³/mol. The van der Waals surface area contributed by atoms with Gasteiger partial charge in [0, 0.05) is 32.7 Å². The van der Waals surface area contributed by atoms with E-state index in [-0.39, 0.29) is 32.7 Å². The molecule has 0 amide bonds. The Morgan fingerprint density at radius 2 is 1.00 bits per heavy atom. The maximum Gasteiger partial charge on any atom is 0.425 e. The van der Waals surface area contributed by atoms with Gasteiger partial charge >= 0.3 is 10.6 Å². The molecule has 5 heteroatoms. The van der Waals surface area contributed by atoms with Crippen LogP contribution in [0.15, 0.2) is 0 Å². The zero-order valence-corrected chi connectivity index (χ0v) is 5.87. The van der Waals surface area contributed by atoms with E-state index in [2.05, 4.69) is 0 Å². The number of hydrogen-bond acceptors (Lipinski definition) is 3. The van der Waals surface area contributed by atoms with Gasteiger partial charge in [-0.3, -0.25) is 0 Å². The second-order valence-electron chi connectivity index (χ2n) is 0.204. The van der Waals surface area contributed by atoms with Crippen molar-refractivity contribution >= 4 is 10.6 Å². The molecule has 5 heavy (non-hydrogen) atoms. The van der Waals surface area contributed by atoms with Crippen LogP contribution in [0.1, 0.15) is 0 Å². The SMILES string of the molecule is O=S(=O)=O.[Y]. The van der Waals surface area contributed by atoms with Gasteiger partial charge in [-0.1, -0.05) is 0 Å². The molecule has 0 unspecified atom stereocenters. The van der Waals surface area contributed by atoms with E-state index in [1.807, 2.05) is 0 Å². The van der Waals surface area contributed by atoms with Crippen molar-refractivity contribution in [2.75, 3.05) is 0 Å². The van der Waals surface area contributed by atoms with Crippen molar-refractivity contribution in [1.82, 2.24) is 0 Å². The molecular weight excluding hydrogens is 169 g/mol. The van der Waals surface area contributed by atoms with Crippen LogP contribution in [0.25, 0.3) is 0 Å². The van der Waals surface area contributed by atoms with E-state index >= 15 is 0 Å². The van der Waals surface area contributed by atoms with Crippen molar-refractivity contribution in [3.63, 3.8) is 0 Å². The van der Waals surface area contributed by atoms with Crippen LogP contribution in [0.3, 0.4) is 0 Å². The molecule has 0 aliphatic carbocycles. The van der Waals surface area contributed by atoms with Gasteiger partial charge in [-0.15, -0.1) is 12.6 Å². The summed E-state index contributed by atoms with van der Waals surface area (Å²) in [5.74, 6) is 0. The van der Waals surface area contributed by atoms with Crippen molar-refractivity contribution in [2.24, 2.45) is 0 Å². The average molecular weight is 169 g/mol. The summed E-state index contributed by atoms with van der Waals surface area (Å²) >= 11 is 0. The Balaban J connectivity index is 0. The Bertz CT molecular complexity index is 76.3. The van der Waals surface area contributed by atoms with Gasteiger partial charge in [-0.2, -0.15) is 0 Å². The summed E-state index contributed by atoms with van der Waals surface area (Å²) in [6, 6.07) is 0. The van der Waals surface area contributed by atoms with E-state index in [0.29, 0.717) is 0 Å². The summed E-state index contributed by atoms with van der Waals surface area (Å²) < 4.78 is 25.3. The first-order chi connectivity index (χ1) is 1.73. The molecule has 0 aromatic rings. The summed E-state index contributed by atoms with van der Waals surface area (Å²) in [5.41, 5.74) is 0. The van der Waals surface area contributed by atoms with E-state index in [0.717, 1.165) is 0 Å². The van der Waals surface area contributed by atoms with E-state index in [1.165, 1.54) is 0 Å². The fourth-order valence-electron chi connectivity index (χ4n) is 0. The summed E-state index contributed by atoms with van der Waals surface area (Å²) in [5, 5.41) is 0. The molecule has 0 aromatic heterocycles. The van der Waals surface area contributed by atoms with Crippen molar-refractivity contribution < 1.29 is 45.3 Å². The molecule has 0 saturated carbocycles. The Morgan fingerprint density at radius 1 is 1.00 bits per heavy atom. The standard InChI is InChI=1S/O3S.Y/c1-4(2)3;. The van der Waals surface area contributed by atoms with Crippen molar-refractivity contribution in [1.29, 1.82) is 0 Å². The third-order valence-corrected chi connectivity index (χ3v) is 0. The molecule has 0 spiro atoms. The topological polar surface area (TPSA) is 51.2 Å². The second kappa shape index (κ2) is 4.72. The minimum atomic E-state index is -3.11. The van der Waals surface area contributed by atoms with Crippen molar-refractivity contribution in [3.8, 4) is 0 Å². The van der Waals surface area contributed by atoms with Crippen LogP contribution in [-0.4, -0.2) is 12.6 Å². The maximum atomic E-state index is 8.44. The van der Waals surface area contributed by atoms with Crippen LogP contribution in [0.4, 0.5) is 0 Å². The quantitative estimate of drug-likeness (QED) is 0.467. The van der Waals surface area contributed by atoms with Crippen LogP contribution >= 0.6 is 0 Å². The van der Waals surface area contributed by atoms with Gasteiger partial charge in [0.15, 0.2) is 0 Å². The molecule has 0 fully saturated rings. The van der Waals surface area contributed by atoms with E-state index < -0.39 is 10.6 Å². The van der Waals surface area contributed by atoms with Crippen LogP contribution in [0.2, 0.25) is 0 Å². The normalized spacial score (nSPS) is 4.80. The zero-order valence-electron chi connectivity index (χ0n) is 2.21.